The Morgan fingerprint density at radius 2 is 2.00 bits per heavy atom. The Labute approximate surface area is 142 Å². The molecule has 6 heteroatoms. The number of aryl methyl sites for hydroxylation is 1. The molecular weight excluding hydrogens is 372 g/mol. The summed E-state index contributed by atoms with van der Waals surface area (Å²) in [6.07, 6.45) is 0. The lowest BCUT2D eigenvalue weighted by molar-refractivity contribution is 0.417. The number of benzene rings is 2. The van der Waals surface area contributed by atoms with E-state index in [0.29, 0.717) is 15.8 Å². The Balaban J connectivity index is 2.38. The van der Waals surface area contributed by atoms with Gasteiger partial charge in [-0.15, -0.1) is 0 Å². The summed E-state index contributed by atoms with van der Waals surface area (Å²) in [5.41, 5.74) is 9.12. The van der Waals surface area contributed by atoms with Crippen LogP contribution in [0.1, 0.15) is 11.1 Å². The van der Waals surface area contributed by atoms with Crippen molar-refractivity contribution in [1.82, 2.24) is 0 Å². The summed E-state index contributed by atoms with van der Waals surface area (Å²) in [5.74, 6) is 0.677. The molecule has 0 aromatic heterocycles. The standard InChI is InChI=1S/C15H14BrClN2OS/c1-8-5-13(14(20-2)7-11(8)17)19-12-4-3-9(15(18)21)6-10(12)16/h3-7,19H,1-2H3,(H2,18,21). The molecule has 0 aliphatic rings. The fourth-order valence-electron chi connectivity index (χ4n) is 1.84. The molecule has 21 heavy (non-hydrogen) atoms. The van der Waals surface area contributed by atoms with Gasteiger partial charge in [0.2, 0.25) is 0 Å². The van der Waals surface area contributed by atoms with Gasteiger partial charge in [0.1, 0.15) is 10.7 Å². The molecule has 3 N–H and O–H groups in total. The third kappa shape index (κ3) is 3.67. The van der Waals surface area contributed by atoms with E-state index in [1.807, 2.05) is 31.2 Å². The molecule has 2 aromatic rings. The SMILES string of the molecule is COc1cc(Cl)c(C)cc1Nc1ccc(C(N)=S)cc1Br. The second-order valence-electron chi connectivity index (χ2n) is 4.49. The fourth-order valence-corrected chi connectivity index (χ4v) is 2.60. The molecule has 0 bridgehead atoms. The Hall–Kier alpha value is -1.30. The molecule has 0 atom stereocenters. The highest BCUT2D eigenvalue weighted by atomic mass is 79.9. The van der Waals surface area contributed by atoms with Gasteiger partial charge in [0, 0.05) is 21.1 Å². The van der Waals surface area contributed by atoms with Crippen LogP contribution in [0, 0.1) is 6.92 Å². The highest BCUT2D eigenvalue weighted by Crippen LogP contribution is 2.35. The van der Waals surface area contributed by atoms with Crippen molar-refractivity contribution in [3.05, 3.63) is 51.0 Å². The van der Waals surface area contributed by atoms with Gasteiger partial charge in [-0.05, 0) is 52.7 Å². The van der Waals surface area contributed by atoms with E-state index in [1.54, 1.807) is 13.2 Å². The van der Waals surface area contributed by atoms with Crippen LogP contribution < -0.4 is 15.8 Å². The minimum atomic E-state index is 0.363. The van der Waals surface area contributed by atoms with Crippen LogP contribution in [-0.2, 0) is 0 Å². The Kier molecular flexibility index (Phi) is 5.08. The van der Waals surface area contributed by atoms with Gasteiger partial charge >= 0.3 is 0 Å². The third-order valence-corrected chi connectivity index (χ3v) is 4.30. The van der Waals surface area contributed by atoms with Crippen LogP contribution in [0.2, 0.25) is 5.02 Å². The molecule has 0 spiro atoms. The zero-order valence-electron chi connectivity index (χ0n) is 11.5. The first kappa shape index (κ1) is 16.1. The number of hydrogen-bond donors (Lipinski definition) is 2. The summed E-state index contributed by atoms with van der Waals surface area (Å²) in [6, 6.07) is 9.37. The van der Waals surface area contributed by atoms with Crippen LogP contribution in [0.25, 0.3) is 0 Å². The Morgan fingerprint density at radius 1 is 1.29 bits per heavy atom. The molecule has 2 aromatic carbocycles. The highest BCUT2D eigenvalue weighted by molar-refractivity contribution is 9.10. The lowest BCUT2D eigenvalue weighted by atomic mass is 10.1. The van der Waals surface area contributed by atoms with Crippen molar-refractivity contribution in [1.29, 1.82) is 0 Å². The van der Waals surface area contributed by atoms with Gasteiger partial charge in [-0.25, -0.2) is 0 Å². The average molecular weight is 386 g/mol. The van der Waals surface area contributed by atoms with E-state index in [2.05, 4.69) is 21.2 Å². The quantitative estimate of drug-likeness (QED) is 0.742. The first-order valence-corrected chi connectivity index (χ1v) is 7.71. The van der Waals surface area contributed by atoms with E-state index in [0.717, 1.165) is 27.0 Å². The first-order valence-electron chi connectivity index (χ1n) is 6.13. The summed E-state index contributed by atoms with van der Waals surface area (Å²) in [6.45, 7) is 1.94. The van der Waals surface area contributed by atoms with Gasteiger partial charge < -0.3 is 15.8 Å². The van der Waals surface area contributed by atoms with E-state index in [9.17, 15) is 0 Å². The van der Waals surface area contributed by atoms with Crippen molar-refractivity contribution in [3.63, 3.8) is 0 Å². The van der Waals surface area contributed by atoms with E-state index in [-0.39, 0.29) is 0 Å². The number of hydrogen-bond acceptors (Lipinski definition) is 3. The molecular formula is C15H14BrClN2OS. The number of nitrogens with one attached hydrogen (secondary N) is 1. The highest BCUT2D eigenvalue weighted by Gasteiger charge is 2.10. The van der Waals surface area contributed by atoms with E-state index in [1.165, 1.54) is 0 Å². The van der Waals surface area contributed by atoms with Crippen molar-refractivity contribution in [2.24, 2.45) is 5.73 Å². The number of thiocarbonyl (C=S) groups is 1. The maximum atomic E-state index is 6.11. The van der Waals surface area contributed by atoms with Crippen LogP contribution in [-0.4, -0.2) is 12.1 Å². The minimum Gasteiger partial charge on any atom is -0.495 e. The largest absolute Gasteiger partial charge is 0.495 e. The molecule has 0 radical (unpaired) electrons. The number of methoxy groups -OCH3 is 1. The molecule has 0 aliphatic carbocycles. The van der Waals surface area contributed by atoms with Crippen molar-refractivity contribution in [2.75, 3.05) is 12.4 Å². The van der Waals surface area contributed by atoms with Crippen LogP contribution in [0.15, 0.2) is 34.8 Å². The second kappa shape index (κ2) is 6.64. The van der Waals surface area contributed by atoms with Gasteiger partial charge in [-0.3, -0.25) is 0 Å². The number of halogens is 2. The second-order valence-corrected chi connectivity index (χ2v) is 6.19. The predicted molar refractivity (Wildman–Crippen MR) is 96.1 cm³/mol. The fraction of sp³-hybridized carbons (Fsp3) is 0.133. The van der Waals surface area contributed by atoms with Crippen LogP contribution in [0.4, 0.5) is 11.4 Å². The van der Waals surface area contributed by atoms with Gasteiger partial charge in [0.15, 0.2) is 0 Å². The molecule has 0 fully saturated rings. The maximum absolute atomic E-state index is 6.11. The normalized spacial score (nSPS) is 10.3. The zero-order valence-corrected chi connectivity index (χ0v) is 14.7. The topological polar surface area (TPSA) is 47.3 Å². The molecule has 0 heterocycles. The van der Waals surface area contributed by atoms with Crippen LogP contribution in [0.5, 0.6) is 5.75 Å². The third-order valence-electron chi connectivity index (χ3n) is 3.00. The number of ether oxygens (including phenoxy) is 1. The van der Waals surface area contributed by atoms with Crippen LogP contribution in [0.3, 0.4) is 0 Å². The molecule has 110 valence electrons. The van der Waals surface area contributed by atoms with Crippen LogP contribution >= 0.6 is 39.7 Å². The van der Waals surface area contributed by atoms with Crippen molar-refractivity contribution in [3.8, 4) is 5.75 Å². The van der Waals surface area contributed by atoms with Gasteiger partial charge in [-0.1, -0.05) is 23.8 Å². The molecule has 0 amide bonds. The first-order chi connectivity index (χ1) is 9.92. The van der Waals surface area contributed by atoms with E-state index < -0.39 is 0 Å². The number of anilines is 2. The van der Waals surface area contributed by atoms with E-state index >= 15 is 0 Å². The Morgan fingerprint density at radius 3 is 2.57 bits per heavy atom. The van der Waals surface area contributed by atoms with Crippen molar-refractivity contribution >= 4 is 56.1 Å². The molecule has 0 unspecified atom stereocenters. The van der Waals surface area contributed by atoms with Crippen molar-refractivity contribution in [2.45, 2.75) is 6.92 Å². The average Bonchev–Trinajstić information content (AvgIpc) is 2.44. The number of rotatable bonds is 4. The summed E-state index contributed by atoms with van der Waals surface area (Å²) in [7, 11) is 1.61. The Bertz CT molecular complexity index is 706. The summed E-state index contributed by atoms with van der Waals surface area (Å²) in [4.78, 5) is 0.363. The molecule has 0 saturated carbocycles. The maximum Gasteiger partial charge on any atom is 0.143 e. The predicted octanol–water partition coefficient (Wildman–Crippen LogP) is 4.80. The molecule has 0 saturated heterocycles. The summed E-state index contributed by atoms with van der Waals surface area (Å²) in [5, 5.41) is 3.98. The smallest absolute Gasteiger partial charge is 0.143 e. The molecule has 3 nitrogen and oxygen atoms in total. The summed E-state index contributed by atoms with van der Waals surface area (Å²) < 4.78 is 6.22. The zero-order chi connectivity index (χ0) is 15.6. The van der Waals surface area contributed by atoms with E-state index in [4.69, 9.17) is 34.3 Å². The van der Waals surface area contributed by atoms with Gasteiger partial charge in [0.05, 0.1) is 18.5 Å². The monoisotopic (exact) mass is 384 g/mol. The van der Waals surface area contributed by atoms with Gasteiger partial charge in [0.25, 0.3) is 0 Å². The molecule has 2 rings (SSSR count). The minimum absolute atomic E-state index is 0.363. The number of nitrogens with two attached hydrogens (primary N) is 1. The lowest BCUT2D eigenvalue weighted by Gasteiger charge is -2.14. The molecule has 0 aliphatic heterocycles. The summed E-state index contributed by atoms with van der Waals surface area (Å²) >= 11 is 14.6. The van der Waals surface area contributed by atoms with Crippen molar-refractivity contribution < 1.29 is 4.74 Å². The van der Waals surface area contributed by atoms with Gasteiger partial charge in [-0.2, -0.15) is 0 Å². The lowest BCUT2D eigenvalue weighted by Crippen LogP contribution is -2.09.